The van der Waals surface area contributed by atoms with E-state index in [4.69, 9.17) is 21.7 Å². The van der Waals surface area contributed by atoms with Crippen LogP contribution in [0.2, 0.25) is 0 Å². The normalized spacial score (nSPS) is 10.0. The van der Waals surface area contributed by atoms with Crippen molar-refractivity contribution in [1.82, 2.24) is 10.6 Å². The summed E-state index contributed by atoms with van der Waals surface area (Å²) in [5.74, 6) is 1.51. The lowest BCUT2D eigenvalue weighted by Crippen LogP contribution is -2.36. The molecular weight excluding hydrogens is 284 g/mol. The highest BCUT2D eigenvalue weighted by atomic mass is 32.1. The molecule has 1 rings (SSSR count). The van der Waals surface area contributed by atoms with Gasteiger partial charge in [0.25, 0.3) is 0 Å². The van der Waals surface area contributed by atoms with E-state index in [1.165, 1.54) is 18.4 Å². The van der Waals surface area contributed by atoms with E-state index in [1.54, 1.807) is 14.2 Å². The molecule has 0 heterocycles. The van der Waals surface area contributed by atoms with Crippen LogP contribution in [0.3, 0.4) is 0 Å². The van der Waals surface area contributed by atoms with Gasteiger partial charge in [0, 0.05) is 13.1 Å². The van der Waals surface area contributed by atoms with Gasteiger partial charge < -0.3 is 20.1 Å². The summed E-state index contributed by atoms with van der Waals surface area (Å²) in [5, 5.41) is 7.17. The number of methoxy groups -OCH3 is 2. The van der Waals surface area contributed by atoms with Crippen molar-refractivity contribution in [1.29, 1.82) is 0 Å². The monoisotopic (exact) mass is 310 g/mol. The summed E-state index contributed by atoms with van der Waals surface area (Å²) in [7, 11) is 3.29. The first-order valence-electron chi connectivity index (χ1n) is 7.43. The van der Waals surface area contributed by atoms with Crippen LogP contribution in [-0.2, 0) is 6.42 Å². The summed E-state index contributed by atoms with van der Waals surface area (Å²) < 4.78 is 10.5. The molecule has 21 heavy (non-hydrogen) atoms. The minimum Gasteiger partial charge on any atom is -0.493 e. The van der Waals surface area contributed by atoms with Gasteiger partial charge in [-0.25, -0.2) is 0 Å². The Morgan fingerprint density at radius 3 is 2.43 bits per heavy atom. The molecule has 0 bridgehead atoms. The summed E-state index contributed by atoms with van der Waals surface area (Å²) >= 11 is 5.24. The molecule has 0 saturated heterocycles. The third-order valence-electron chi connectivity index (χ3n) is 3.21. The van der Waals surface area contributed by atoms with Crippen LogP contribution in [-0.4, -0.2) is 32.4 Å². The number of hydrogen-bond acceptors (Lipinski definition) is 3. The summed E-state index contributed by atoms with van der Waals surface area (Å²) in [6.45, 7) is 3.94. The van der Waals surface area contributed by atoms with Gasteiger partial charge >= 0.3 is 0 Å². The predicted molar refractivity (Wildman–Crippen MR) is 91.4 cm³/mol. The molecule has 1 aromatic carbocycles. The number of benzene rings is 1. The van der Waals surface area contributed by atoms with E-state index in [2.05, 4.69) is 17.6 Å². The second kappa shape index (κ2) is 10.3. The minimum absolute atomic E-state index is 0.728. The van der Waals surface area contributed by atoms with E-state index in [1.807, 2.05) is 18.2 Å². The van der Waals surface area contributed by atoms with Gasteiger partial charge in [-0.15, -0.1) is 0 Å². The molecular formula is C16H26N2O2S. The Morgan fingerprint density at radius 2 is 1.76 bits per heavy atom. The molecule has 0 atom stereocenters. The Bertz CT molecular complexity index is 438. The largest absolute Gasteiger partial charge is 0.493 e. The fourth-order valence-corrected chi connectivity index (χ4v) is 2.20. The highest BCUT2D eigenvalue weighted by molar-refractivity contribution is 7.80. The van der Waals surface area contributed by atoms with Crippen LogP contribution in [0.5, 0.6) is 11.5 Å². The van der Waals surface area contributed by atoms with Gasteiger partial charge in [-0.1, -0.05) is 25.8 Å². The Labute approximate surface area is 133 Å². The lowest BCUT2D eigenvalue weighted by molar-refractivity contribution is 0.354. The van der Waals surface area contributed by atoms with Crippen molar-refractivity contribution in [2.45, 2.75) is 32.6 Å². The van der Waals surface area contributed by atoms with Crippen LogP contribution in [0.15, 0.2) is 18.2 Å². The van der Waals surface area contributed by atoms with Gasteiger partial charge in [0.1, 0.15) is 0 Å². The molecule has 0 radical (unpaired) electrons. The predicted octanol–water partition coefficient (Wildman–Crippen LogP) is 2.90. The molecule has 0 aliphatic carbocycles. The fraction of sp³-hybridized carbons (Fsp3) is 0.562. The number of unbranched alkanes of at least 4 members (excludes halogenated alkanes) is 2. The van der Waals surface area contributed by atoms with Gasteiger partial charge in [-0.2, -0.15) is 0 Å². The summed E-state index contributed by atoms with van der Waals surface area (Å²) in [4.78, 5) is 0. The maximum Gasteiger partial charge on any atom is 0.166 e. The van der Waals surface area contributed by atoms with E-state index in [0.717, 1.165) is 42.5 Å². The van der Waals surface area contributed by atoms with E-state index < -0.39 is 0 Å². The molecule has 0 fully saturated rings. The molecule has 0 aromatic heterocycles. The van der Waals surface area contributed by atoms with Gasteiger partial charge in [-0.05, 0) is 42.8 Å². The molecule has 0 saturated carbocycles. The average Bonchev–Trinajstić information content (AvgIpc) is 2.51. The van der Waals surface area contributed by atoms with Crippen LogP contribution in [0.4, 0.5) is 0 Å². The van der Waals surface area contributed by atoms with Crippen molar-refractivity contribution in [2.75, 3.05) is 27.3 Å². The van der Waals surface area contributed by atoms with Crippen molar-refractivity contribution >= 4 is 17.3 Å². The Balaban J connectivity index is 2.30. The van der Waals surface area contributed by atoms with Crippen molar-refractivity contribution in [3.8, 4) is 11.5 Å². The van der Waals surface area contributed by atoms with Gasteiger partial charge in [0.2, 0.25) is 0 Å². The van der Waals surface area contributed by atoms with Crippen molar-refractivity contribution < 1.29 is 9.47 Å². The zero-order chi connectivity index (χ0) is 15.5. The van der Waals surface area contributed by atoms with Crippen LogP contribution in [0.25, 0.3) is 0 Å². The SMILES string of the molecule is CCCCCNC(=S)NCCc1ccc(OC)c(OC)c1. The lowest BCUT2D eigenvalue weighted by Gasteiger charge is -2.12. The molecule has 5 heteroatoms. The maximum absolute atomic E-state index is 5.30. The first kappa shape index (κ1) is 17.6. The zero-order valence-electron chi connectivity index (χ0n) is 13.2. The van der Waals surface area contributed by atoms with E-state index in [0.29, 0.717) is 0 Å². The molecule has 4 nitrogen and oxygen atoms in total. The van der Waals surface area contributed by atoms with Crippen LogP contribution in [0.1, 0.15) is 31.7 Å². The van der Waals surface area contributed by atoms with Crippen molar-refractivity contribution in [3.05, 3.63) is 23.8 Å². The third kappa shape index (κ3) is 6.67. The van der Waals surface area contributed by atoms with Crippen LogP contribution in [0, 0.1) is 0 Å². The average molecular weight is 310 g/mol. The topological polar surface area (TPSA) is 42.5 Å². The lowest BCUT2D eigenvalue weighted by atomic mass is 10.1. The maximum atomic E-state index is 5.30. The second-order valence-corrected chi connectivity index (χ2v) is 5.24. The van der Waals surface area contributed by atoms with Crippen molar-refractivity contribution in [3.63, 3.8) is 0 Å². The first-order chi connectivity index (χ1) is 10.2. The van der Waals surface area contributed by atoms with Crippen molar-refractivity contribution in [2.24, 2.45) is 0 Å². The van der Waals surface area contributed by atoms with Gasteiger partial charge in [0.15, 0.2) is 16.6 Å². The molecule has 0 amide bonds. The van der Waals surface area contributed by atoms with Crippen LogP contribution < -0.4 is 20.1 Å². The molecule has 1 aromatic rings. The molecule has 0 unspecified atom stereocenters. The number of thiocarbonyl (C=S) groups is 1. The third-order valence-corrected chi connectivity index (χ3v) is 3.50. The smallest absolute Gasteiger partial charge is 0.166 e. The molecule has 0 aliphatic heterocycles. The molecule has 2 N–H and O–H groups in total. The fourth-order valence-electron chi connectivity index (χ4n) is 2.00. The number of ether oxygens (including phenoxy) is 2. The molecule has 0 spiro atoms. The number of hydrogen-bond donors (Lipinski definition) is 2. The zero-order valence-corrected chi connectivity index (χ0v) is 14.0. The van der Waals surface area contributed by atoms with E-state index in [-0.39, 0.29) is 0 Å². The van der Waals surface area contributed by atoms with E-state index >= 15 is 0 Å². The quantitative estimate of drug-likeness (QED) is 0.542. The molecule has 118 valence electrons. The second-order valence-electron chi connectivity index (χ2n) is 4.83. The standard InChI is InChI=1S/C16H26N2O2S/c1-4-5-6-10-17-16(21)18-11-9-13-7-8-14(19-2)15(12-13)20-3/h7-8,12H,4-6,9-11H2,1-3H3,(H2,17,18,21). The van der Waals surface area contributed by atoms with E-state index in [9.17, 15) is 0 Å². The number of nitrogens with one attached hydrogen (secondary N) is 2. The molecule has 0 aliphatic rings. The van der Waals surface area contributed by atoms with Gasteiger partial charge in [0.05, 0.1) is 14.2 Å². The van der Waals surface area contributed by atoms with Gasteiger partial charge in [-0.3, -0.25) is 0 Å². The minimum atomic E-state index is 0.728. The first-order valence-corrected chi connectivity index (χ1v) is 7.84. The van der Waals surface area contributed by atoms with Crippen LogP contribution >= 0.6 is 12.2 Å². The summed E-state index contributed by atoms with van der Waals surface area (Å²) in [6.07, 6.45) is 4.51. The highest BCUT2D eigenvalue weighted by Gasteiger charge is 2.04. The highest BCUT2D eigenvalue weighted by Crippen LogP contribution is 2.27. The Hall–Kier alpha value is -1.49. The number of rotatable bonds is 9. The summed E-state index contributed by atoms with van der Waals surface area (Å²) in [5.41, 5.74) is 1.19. The summed E-state index contributed by atoms with van der Waals surface area (Å²) in [6, 6.07) is 5.97. The Morgan fingerprint density at radius 1 is 1.05 bits per heavy atom. The Kier molecular flexibility index (Phi) is 8.59.